The van der Waals surface area contributed by atoms with Gasteiger partial charge in [-0.1, -0.05) is 36.4 Å². The fourth-order valence-corrected chi connectivity index (χ4v) is 2.90. The number of aryl methyl sites for hydroxylation is 1. The number of rotatable bonds is 3. The number of hydrogen-bond donors (Lipinski definition) is 1. The molecule has 0 saturated carbocycles. The molecule has 19 heavy (non-hydrogen) atoms. The average molecular weight is 255 g/mol. The fraction of sp³-hybridized carbons (Fsp3) is 0.294. The van der Waals surface area contributed by atoms with E-state index in [1.165, 1.54) is 17.2 Å². The van der Waals surface area contributed by atoms with Crippen LogP contribution in [0.5, 0.6) is 0 Å². The van der Waals surface area contributed by atoms with Gasteiger partial charge in [0.2, 0.25) is 0 Å². The topological polar surface area (TPSA) is 12.0 Å². The van der Waals surface area contributed by atoms with E-state index in [9.17, 15) is 4.39 Å². The van der Waals surface area contributed by atoms with E-state index in [1.807, 2.05) is 6.07 Å². The van der Waals surface area contributed by atoms with Gasteiger partial charge < -0.3 is 5.32 Å². The number of benzene rings is 2. The highest BCUT2D eigenvalue weighted by molar-refractivity contribution is 5.34. The Balaban J connectivity index is 1.76. The molecule has 3 rings (SSSR count). The maximum Gasteiger partial charge on any atom is 0.123 e. The van der Waals surface area contributed by atoms with Crippen LogP contribution in [-0.2, 0) is 6.42 Å². The monoisotopic (exact) mass is 255 g/mol. The first kappa shape index (κ1) is 12.4. The predicted molar refractivity (Wildman–Crippen MR) is 75.5 cm³/mol. The lowest BCUT2D eigenvalue weighted by molar-refractivity contribution is 0.463. The molecule has 1 aliphatic rings. The molecule has 2 atom stereocenters. The molecule has 2 heteroatoms. The van der Waals surface area contributed by atoms with Gasteiger partial charge in [-0.15, -0.1) is 0 Å². The van der Waals surface area contributed by atoms with E-state index < -0.39 is 0 Å². The van der Waals surface area contributed by atoms with Crippen LogP contribution in [0, 0.1) is 5.82 Å². The molecule has 0 fully saturated rings. The largest absolute Gasteiger partial charge is 0.303 e. The minimum atomic E-state index is -0.169. The first-order valence-electron chi connectivity index (χ1n) is 6.83. The highest BCUT2D eigenvalue weighted by Crippen LogP contribution is 2.32. The third-order valence-corrected chi connectivity index (χ3v) is 3.93. The second kappa shape index (κ2) is 5.14. The number of fused-ring (bicyclic) bond motifs is 1. The van der Waals surface area contributed by atoms with Crippen molar-refractivity contribution in [3.63, 3.8) is 0 Å². The summed E-state index contributed by atoms with van der Waals surface area (Å²) in [5.41, 5.74) is 3.83. The molecule has 0 radical (unpaired) electrons. The third-order valence-electron chi connectivity index (χ3n) is 3.93. The van der Waals surface area contributed by atoms with Crippen LogP contribution in [-0.4, -0.2) is 0 Å². The first-order chi connectivity index (χ1) is 9.24. The standard InChI is InChI=1S/C17H18FN/c1-12(14-6-4-7-15(18)11-14)19-17-10-9-13-5-2-3-8-16(13)17/h2-8,11-12,17,19H,9-10H2,1H3. The van der Waals surface area contributed by atoms with Gasteiger partial charge in [0.1, 0.15) is 5.82 Å². The van der Waals surface area contributed by atoms with E-state index in [0.29, 0.717) is 6.04 Å². The van der Waals surface area contributed by atoms with Crippen LogP contribution in [0.25, 0.3) is 0 Å². The van der Waals surface area contributed by atoms with Crippen molar-refractivity contribution in [2.24, 2.45) is 0 Å². The second-order valence-electron chi connectivity index (χ2n) is 5.23. The van der Waals surface area contributed by atoms with Gasteiger partial charge in [-0.05, 0) is 48.6 Å². The summed E-state index contributed by atoms with van der Waals surface area (Å²) in [6.07, 6.45) is 2.25. The average Bonchev–Trinajstić information content (AvgIpc) is 2.82. The van der Waals surface area contributed by atoms with Gasteiger partial charge in [-0.2, -0.15) is 0 Å². The zero-order valence-electron chi connectivity index (χ0n) is 11.1. The van der Waals surface area contributed by atoms with Gasteiger partial charge in [-0.3, -0.25) is 0 Å². The van der Waals surface area contributed by atoms with E-state index in [0.717, 1.165) is 18.4 Å². The van der Waals surface area contributed by atoms with Gasteiger partial charge >= 0.3 is 0 Å². The van der Waals surface area contributed by atoms with Crippen molar-refractivity contribution >= 4 is 0 Å². The van der Waals surface area contributed by atoms with Gasteiger partial charge in [0.25, 0.3) is 0 Å². The van der Waals surface area contributed by atoms with Crippen molar-refractivity contribution in [2.75, 3.05) is 0 Å². The van der Waals surface area contributed by atoms with E-state index in [4.69, 9.17) is 0 Å². The summed E-state index contributed by atoms with van der Waals surface area (Å²) in [6, 6.07) is 16.0. The Labute approximate surface area is 113 Å². The molecular weight excluding hydrogens is 237 g/mol. The number of hydrogen-bond acceptors (Lipinski definition) is 1. The Bertz CT molecular complexity index is 579. The lowest BCUT2D eigenvalue weighted by atomic mass is 10.0. The number of halogens is 1. The van der Waals surface area contributed by atoms with Crippen LogP contribution in [0.2, 0.25) is 0 Å². The Morgan fingerprint density at radius 2 is 2.00 bits per heavy atom. The Hall–Kier alpha value is -1.67. The molecule has 98 valence electrons. The van der Waals surface area contributed by atoms with Crippen molar-refractivity contribution in [1.29, 1.82) is 0 Å². The Morgan fingerprint density at radius 1 is 1.16 bits per heavy atom. The molecule has 1 N–H and O–H groups in total. The molecule has 0 amide bonds. The van der Waals surface area contributed by atoms with E-state index in [2.05, 4.69) is 36.5 Å². The SMILES string of the molecule is CC(NC1CCc2ccccc21)c1cccc(F)c1. The predicted octanol–water partition coefficient (Wildman–Crippen LogP) is 4.16. The molecule has 0 saturated heterocycles. The lowest BCUT2D eigenvalue weighted by Crippen LogP contribution is -2.23. The smallest absolute Gasteiger partial charge is 0.123 e. The molecule has 0 aromatic heterocycles. The maximum atomic E-state index is 13.3. The summed E-state index contributed by atoms with van der Waals surface area (Å²) in [5.74, 6) is -0.169. The molecule has 0 heterocycles. The lowest BCUT2D eigenvalue weighted by Gasteiger charge is -2.20. The summed E-state index contributed by atoms with van der Waals surface area (Å²) in [6.45, 7) is 2.09. The van der Waals surface area contributed by atoms with E-state index >= 15 is 0 Å². The van der Waals surface area contributed by atoms with Gasteiger partial charge in [-0.25, -0.2) is 4.39 Å². The first-order valence-corrected chi connectivity index (χ1v) is 6.83. The summed E-state index contributed by atoms with van der Waals surface area (Å²) in [7, 11) is 0. The van der Waals surface area contributed by atoms with Crippen LogP contribution >= 0.6 is 0 Å². The quantitative estimate of drug-likeness (QED) is 0.868. The van der Waals surface area contributed by atoms with Crippen LogP contribution in [0.4, 0.5) is 4.39 Å². The fourth-order valence-electron chi connectivity index (χ4n) is 2.90. The Morgan fingerprint density at radius 3 is 2.84 bits per heavy atom. The summed E-state index contributed by atoms with van der Waals surface area (Å²) < 4.78 is 13.3. The molecule has 2 unspecified atom stereocenters. The van der Waals surface area contributed by atoms with Crippen LogP contribution in [0.3, 0.4) is 0 Å². The van der Waals surface area contributed by atoms with Gasteiger partial charge in [0, 0.05) is 12.1 Å². The molecular formula is C17H18FN. The minimum absolute atomic E-state index is 0.159. The zero-order chi connectivity index (χ0) is 13.2. The molecule has 0 bridgehead atoms. The van der Waals surface area contributed by atoms with Gasteiger partial charge in [0.15, 0.2) is 0 Å². The number of nitrogens with one attached hydrogen (secondary N) is 1. The highest BCUT2D eigenvalue weighted by atomic mass is 19.1. The molecule has 1 nitrogen and oxygen atoms in total. The third kappa shape index (κ3) is 2.54. The summed E-state index contributed by atoms with van der Waals surface area (Å²) in [4.78, 5) is 0. The summed E-state index contributed by atoms with van der Waals surface area (Å²) in [5, 5.41) is 3.61. The van der Waals surface area contributed by atoms with Crippen LogP contribution < -0.4 is 5.32 Å². The van der Waals surface area contributed by atoms with Crippen molar-refractivity contribution in [2.45, 2.75) is 31.8 Å². The van der Waals surface area contributed by atoms with Gasteiger partial charge in [0.05, 0.1) is 0 Å². The summed E-state index contributed by atoms with van der Waals surface area (Å²) >= 11 is 0. The van der Waals surface area contributed by atoms with Crippen molar-refractivity contribution in [3.05, 3.63) is 71.0 Å². The molecule has 0 spiro atoms. The van der Waals surface area contributed by atoms with Crippen molar-refractivity contribution in [1.82, 2.24) is 5.32 Å². The molecule has 0 aliphatic heterocycles. The van der Waals surface area contributed by atoms with Crippen LogP contribution in [0.1, 0.15) is 42.1 Å². The Kier molecular flexibility index (Phi) is 3.34. The van der Waals surface area contributed by atoms with E-state index in [-0.39, 0.29) is 11.9 Å². The second-order valence-corrected chi connectivity index (χ2v) is 5.23. The van der Waals surface area contributed by atoms with E-state index in [1.54, 1.807) is 12.1 Å². The van der Waals surface area contributed by atoms with Crippen molar-refractivity contribution < 1.29 is 4.39 Å². The highest BCUT2D eigenvalue weighted by Gasteiger charge is 2.23. The zero-order valence-corrected chi connectivity index (χ0v) is 11.1. The maximum absolute atomic E-state index is 13.3. The molecule has 2 aromatic carbocycles. The molecule has 2 aromatic rings. The van der Waals surface area contributed by atoms with Crippen LogP contribution in [0.15, 0.2) is 48.5 Å². The normalized spacial score (nSPS) is 19.2. The van der Waals surface area contributed by atoms with Crippen molar-refractivity contribution in [3.8, 4) is 0 Å². The molecule has 1 aliphatic carbocycles. The minimum Gasteiger partial charge on any atom is -0.303 e.